The minimum absolute atomic E-state index is 0.289. The summed E-state index contributed by atoms with van der Waals surface area (Å²) in [7, 11) is -2.04. The van der Waals surface area contributed by atoms with Crippen molar-refractivity contribution in [2.45, 2.75) is 51.4 Å². The zero-order chi connectivity index (χ0) is 22.0. The van der Waals surface area contributed by atoms with Crippen molar-refractivity contribution in [3.05, 3.63) is 29.8 Å². The van der Waals surface area contributed by atoms with Crippen LogP contribution >= 0.6 is 0 Å². The van der Waals surface area contributed by atoms with Gasteiger partial charge in [-0.05, 0) is 42.9 Å². The number of hydrogen-bond acceptors (Lipinski definition) is 5. The Balaban J connectivity index is 1.97. The van der Waals surface area contributed by atoms with Crippen molar-refractivity contribution in [1.82, 2.24) is 9.79 Å². The van der Waals surface area contributed by atoms with E-state index in [1.54, 1.807) is 12.6 Å². The van der Waals surface area contributed by atoms with Crippen LogP contribution in [0.15, 0.2) is 24.3 Å². The fourth-order valence-electron chi connectivity index (χ4n) is 3.58. The van der Waals surface area contributed by atoms with Crippen LogP contribution < -0.4 is 10.2 Å². The van der Waals surface area contributed by atoms with Gasteiger partial charge in [0.15, 0.2) is 0 Å². The largest absolute Gasteiger partial charge is 0.497 e. The highest BCUT2D eigenvalue weighted by molar-refractivity contribution is 7.89. The highest BCUT2D eigenvalue weighted by Gasteiger charge is 2.32. The fraction of sp³-hybridized carbons (Fsp3) is 0.591. The Morgan fingerprint density at radius 1 is 1.27 bits per heavy atom. The van der Waals surface area contributed by atoms with Crippen molar-refractivity contribution in [3.8, 4) is 17.6 Å². The van der Waals surface area contributed by atoms with E-state index in [2.05, 4.69) is 18.8 Å². The number of unbranched alkanes of at least 4 members (excludes halogenated alkanes) is 3. The summed E-state index contributed by atoms with van der Waals surface area (Å²) in [5.74, 6) is 4.41. The van der Waals surface area contributed by atoms with Crippen molar-refractivity contribution in [1.29, 1.82) is 0 Å². The number of rotatable bonds is 9. The third kappa shape index (κ3) is 7.01. The SMILES string of the molecule is CCCCCC#CC(CS(=O)(=O)N1CCC(c2ccc(OC)cc2)CC1)C(=O)NO. The van der Waals surface area contributed by atoms with Crippen LogP contribution in [0.4, 0.5) is 0 Å². The van der Waals surface area contributed by atoms with Gasteiger partial charge in [-0.25, -0.2) is 18.2 Å². The highest BCUT2D eigenvalue weighted by atomic mass is 32.2. The van der Waals surface area contributed by atoms with Crippen molar-refractivity contribution < 1.29 is 23.2 Å². The van der Waals surface area contributed by atoms with Gasteiger partial charge in [0.05, 0.1) is 12.9 Å². The van der Waals surface area contributed by atoms with E-state index in [4.69, 9.17) is 9.94 Å². The lowest BCUT2D eigenvalue weighted by Crippen LogP contribution is -2.42. The molecule has 1 aromatic carbocycles. The maximum Gasteiger partial charge on any atom is 0.259 e. The minimum Gasteiger partial charge on any atom is -0.497 e. The molecule has 0 aliphatic carbocycles. The number of carbonyl (C=O) groups excluding carboxylic acids is 1. The topological polar surface area (TPSA) is 95.9 Å². The molecule has 1 unspecified atom stereocenters. The summed E-state index contributed by atoms with van der Waals surface area (Å²) >= 11 is 0. The summed E-state index contributed by atoms with van der Waals surface area (Å²) in [5.41, 5.74) is 2.72. The molecule has 0 spiro atoms. The van der Waals surface area contributed by atoms with Crippen LogP contribution in [0.3, 0.4) is 0 Å². The normalized spacial score (nSPS) is 16.4. The maximum atomic E-state index is 12.9. The van der Waals surface area contributed by atoms with Crippen LogP contribution in [0, 0.1) is 17.8 Å². The molecule has 7 nitrogen and oxygen atoms in total. The predicted molar refractivity (Wildman–Crippen MR) is 116 cm³/mol. The molecular formula is C22H32N2O5S. The molecule has 1 aliphatic heterocycles. The van der Waals surface area contributed by atoms with Gasteiger partial charge in [-0.1, -0.05) is 37.8 Å². The van der Waals surface area contributed by atoms with E-state index >= 15 is 0 Å². The van der Waals surface area contributed by atoms with E-state index in [1.165, 1.54) is 9.87 Å². The van der Waals surface area contributed by atoms with E-state index in [1.807, 2.05) is 24.3 Å². The van der Waals surface area contributed by atoms with E-state index in [0.717, 1.165) is 25.0 Å². The molecule has 0 aromatic heterocycles. The Kier molecular flexibility index (Phi) is 9.63. The molecule has 0 radical (unpaired) electrons. The first-order chi connectivity index (χ1) is 14.4. The van der Waals surface area contributed by atoms with Gasteiger partial charge >= 0.3 is 0 Å². The third-order valence-corrected chi connectivity index (χ3v) is 7.33. The number of hydroxylamine groups is 1. The molecule has 2 N–H and O–H groups in total. The highest BCUT2D eigenvalue weighted by Crippen LogP contribution is 2.30. The van der Waals surface area contributed by atoms with Crippen molar-refractivity contribution in [2.24, 2.45) is 5.92 Å². The lowest BCUT2D eigenvalue weighted by Gasteiger charge is -2.32. The number of methoxy groups -OCH3 is 1. The van der Waals surface area contributed by atoms with E-state index < -0.39 is 27.6 Å². The summed E-state index contributed by atoms with van der Waals surface area (Å²) in [5, 5.41) is 8.97. The predicted octanol–water partition coefficient (Wildman–Crippen LogP) is 2.91. The monoisotopic (exact) mass is 436 g/mol. The van der Waals surface area contributed by atoms with Crippen LogP contribution in [0.5, 0.6) is 5.75 Å². The second-order valence-corrected chi connectivity index (χ2v) is 9.55. The fourth-order valence-corrected chi connectivity index (χ4v) is 5.21. The molecule has 166 valence electrons. The summed E-state index contributed by atoms with van der Waals surface area (Å²) in [6.07, 6.45) is 5.03. The van der Waals surface area contributed by atoms with Gasteiger partial charge < -0.3 is 4.74 Å². The first kappa shape index (κ1) is 24.2. The lowest BCUT2D eigenvalue weighted by atomic mass is 9.90. The second kappa shape index (κ2) is 11.9. The summed E-state index contributed by atoms with van der Waals surface area (Å²) in [6.45, 7) is 2.88. The molecule has 2 rings (SSSR count). The van der Waals surface area contributed by atoms with E-state index in [9.17, 15) is 13.2 Å². The van der Waals surface area contributed by atoms with Crippen LogP contribution in [-0.2, 0) is 14.8 Å². The van der Waals surface area contributed by atoms with Gasteiger partial charge in [-0.15, -0.1) is 5.92 Å². The Bertz CT molecular complexity index is 835. The van der Waals surface area contributed by atoms with Gasteiger partial charge in [0.25, 0.3) is 5.91 Å². The van der Waals surface area contributed by atoms with Crippen LogP contribution in [0.25, 0.3) is 0 Å². The average Bonchev–Trinajstić information content (AvgIpc) is 2.77. The van der Waals surface area contributed by atoms with Crippen molar-refractivity contribution in [3.63, 3.8) is 0 Å². The minimum atomic E-state index is -3.66. The van der Waals surface area contributed by atoms with E-state index in [-0.39, 0.29) is 5.92 Å². The molecule has 1 aliphatic rings. The first-order valence-electron chi connectivity index (χ1n) is 10.4. The number of benzene rings is 1. The molecule has 1 amide bonds. The zero-order valence-corrected chi connectivity index (χ0v) is 18.6. The van der Waals surface area contributed by atoms with Gasteiger partial charge in [0, 0.05) is 19.5 Å². The number of ether oxygens (including phenoxy) is 1. The Hall–Kier alpha value is -2.08. The number of hydrogen-bond donors (Lipinski definition) is 2. The van der Waals surface area contributed by atoms with Gasteiger partial charge in [-0.2, -0.15) is 0 Å². The molecule has 1 atom stereocenters. The van der Waals surface area contributed by atoms with Gasteiger partial charge in [0.1, 0.15) is 11.7 Å². The number of amides is 1. The average molecular weight is 437 g/mol. The van der Waals surface area contributed by atoms with Crippen LogP contribution in [-0.4, -0.2) is 49.8 Å². The first-order valence-corrected chi connectivity index (χ1v) is 12.1. The number of carbonyl (C=O) groups is 1. The summed E-state index contributed by atoms with van der Waals surface area (Å²) in [6, 6.07) is 7.86. The number of piperidine rings is 1. The Morgan fingerprint density at radius 2 is 1.93 bits per heavy atom. The summed E-state index contributed by atoms with van der Waals surface area (Å²) in [4.78, 5) is 11.9. The molecule has 1 aromatic rings. The lowest BCUT2D eigenvalue weighted by molar-refractivity contribution is -0.131. The molecular weight excluding hydrogens is 404 g/mol. The smallest absolute Gasteiger partial charge is 0.259 e. The van der Waals surface area contributed by atoms with Gasteiger partial charge in [0.2, 0.25) is 10.0 Å². The molecule has 1 saturated heterocycles. The molecule has 30 heavy (non-hydrogen) atoms. The molecule has 1 fully saturated rings. The van der Waals surface area contributed by atoms with E-state index in [0.29, 0.717) is 32.4 Å². The number of nitrogens with one attached hydrogen (secondary N) is 1. The third-order valence-electron chi connectivity index (χ3n) is 5.42. The maximum absolute atomic E-state index is 12.9. The number of nitrogens with zero attached hydrogens (tertiary/aromatic N) is 1. The Labute approximate surface area is 179 Å². The van der Waals surface area contributed by atoms with Crippen LogP contribution in [0.2, 0.25) is 0 Å². The second-order valence-electron chi connectivity index (χ2n) is 7.53. The molecule has 0 bridgehead atoms. The van der Waals surface area contributed by atoms with Crippen LogP contribution in [0.1, 0.15) is 56.9 Å². The number of sulfonamides is 1. The molecule has 1 heterocycles. The molecule has 8 heteroatoms. The van der Waals surface area contributed by atoms with Crippen molar-refractivity contribution in [2.75, 3.05) is 26.0 Å². The zero-order valence-electron chi connectivity index (χ0n) is 17.8. The van der Waals surface area contributed by atoms with Crippen molar-refractivity contribution >= 4 is 15.9 Å². The van der Waals surface area contributed by atoms with Gasteiger partial charge in [-0.3, -0.25) is 10.0 Å². The quantitative estimate of drug-likeness (QED) is 0.269. The standard InChI is InChI=1S/C22H32N2O5S/c1-3-4-5-6-7-8-20(22(25)23-26)17-30(27,28)24-15-13-19(14-16-24)18-9-11-21(29-2)12-10-18/h9-12,19-20,26H,3-6,13-17H2,1-2H3,(H,23,25). The summed E-state index contributed by atoms with van der Waals surface area (Å²) < 4.78 is 32.3. The Morgan fingerprint density at radius 3 is 2.50 bits per heavy atom. The molecule has 0 saturated carbocycles.